The van der Waals surface area contributed by atoms with Gasteiger partial charge in [-0.25, -0.2) is 4.79 Å². The van der Waals surface area contributed by atoms with E-state index in [1.54, 1.807) is 59.1 Å². The number of carbonyl (C=O) groups is 2. The highest BCUT2D eigenvalue weighted by Crippen LogP contribution is 2.31. The molecule has 0 aliphatic carbocycles. The summed E-state index contributed by atoms with van der Waals surface area (Å²) in [5, 5.41) is 15.3. The monoisotopic (exact) mass is 547 g/mol. The molecule has 2 aromatic carbocycles. The molecule has 0 saturated carbocycles. The van der Waals surface area contributed by atoms with Crippen LogP contribution in [0.25, 0.3) is 11.3 Å². The zero-order valence-electron chi connectivity index (χ0n) is 20.9. The average molecular weight is 548 g/mol. The standard InChI is InChI=1S/C25H27Cl2N5O5/c1-13-19(21(31-37-13)15-6-8-16(35-5)9-7-15)22(33)32(23(29)30-24(34)36-25(2,3)4)12-14-10-17(26)20(28)18(27)11-14/h6-11H,12,28H2,1-5H3,(H2,29,30,34). The second-order valence-electron chi connectivity index (χ2n) is 9.03. The van der Waals surface area contributed by atoms with Gasteiger partial charge in [-0.05, 0) is 69.7 Å². The Morgan fingerprint density at radius 1 is 1.16 bits per heavy atom. The van der Waals surface area contributed by atoms with Gasteiger partial charge < -0.3 is 19.7 Å². The van der Waals surface area contributed by atoms with Crippen molar-refractivity contribution in [1.82, 2.24) is 15.4 Å². The highest BCUT2D eigenvalue weighted by molar-refractivity contribution is 6.38. The molecule has 0 bridgehead atoms. The Morgan fingerprint density at radius 3 is 2.30 bits per heavy atom. The second kappa shape index (κ2) is 11.1. The summed E-state index contributed by atoms with van der Waals surface area (Å²) < 4.78 is 15.8. The van der Waals surface area contributed by atoms with Gasteiger partial charge in [-0.15, -0.1) is 0 Å². The fourth-order valence-corrected chi connectivity index (χ4v) is 3.87. The average Bonchev–Trinajstić information content (AvgIpc) is 3.20. The van der Waals surface area contributed by atoms with E-state index in [1.807, 2.05) is 0 Å². The molecule has 0 aliphatic rings. The molecule has 10 nitrogen and oxygen atoms in total. The van der Waals surface area contributed by atoms with E-state index in [1.165, 1.54) is 12.1 Å². The third-order valence-electron chi connectivity index (χ3n) is 5.05. The number of halogens is 2. The molecule has 0 radical (unpaired) electrons. The lowest BCUT2D eigenvalue weighted by atomic mass is 10.0. The number of carbonyl (C=O) groups excluding carboxylic acids is 2. The van der Waals surface area contributed by atoms with Gasteiger partial charge in [0, 0.05) is 5.56 Å². The summed E-state index contributed by atoms with van der Waals surface area (Å²) >= 11 is 12.4. The fourth-order valence-electron chi connectivity index (χ4n) is 3.34. The third kappa shape index (κ3) is 6.72. The molecular weight excluding hydrogens is 521 g/mol. The van der Waals surface area contributed by atoms with Gasteiger partial charge in [0.1, 0.15) is 28.4 Å². The molecule has 0 saturated heterocycles. The number of methoxy groups -OCH3 is 1. The molecule has 4 N–H and O–H groups in total. The smallest absolute Gasteiger partial charge is 0.414 e. The van der Waals surface area contributed by atoms with Crippen LogP contribution in [0.4, 0.5) is 10.5 Å². The van der Waals surface area contributed by atoms with E-state index < -0.39 is 23.6 Å². The van der Waals surface area contributed by atoms with Gasteiger partial charge in [0.15, 0.2) is 0 Å². The van der Waals surface area contributed by atoms with Crippen molar-refractivity contribution in [3.05, 3.63) is 63.3 Å². The first-order valence-corrected chi connectivity index (χ1v) is 11.8. The van der Waals surface area contributed by atoms with E-state index in [2.05, 4.69) is 10.5 Å². The van der Waals surface area contributed by atoms with Crippen molar-refractivity contribution < 1.29 is 23.6 Å². The molecule has 12 heteroatoms. The van der Waals surface area contributed by atoms with Crippen LogP contribution in [-0.4, -0.2) is 40.7 Å². The molecule has 196 valence electrons. The van der Waals surface area contributed by atoms with Gasteiger partial charge in [-0.1, -0.05) is 28.4 Å². The minimum absolute atomic E-state index is 0.105. The van der Waals surface area contributed by atoms with Gasteiger partial charge >= 0.3 is 6.09 Å². The van der Waals surface area contributed by atoms with Gasteiger partial charge in [-0.2, -0.15) is 0 Å². The molecule has 2 amide bonds. The van der Waals surface area contributed by atoms with E-state index in [0.717, 1.165) is 4.90 Å². The van der Waals surface area contributed by atoms with E-state index in [-0.39, 0.29) is 39.3 Å². The second-order valence-corrected chi connectivity index (χ2v) is 9.85. The summed E-state index contributed by atoms with van der Waals surface area (Å²) in [7, 11) is 1.54. The number of hydrogen-bond donors (Lipinski definition) is 3. The minimum Gasteiger partial charge on any atom is -0.497 e. The molecule has 0 fully saturated rings. The number of ether oxygens (including phenoxy) is 2. The van der Waals surface area contributed by atoms with Crippen LogP contribution in [0.5, 0.6) is 5.75 Å². The SMILES string of the molecule is COc1ccc(-c2noc(C)c2C(=O)N(Cc2cc(Cl)c(N)c(Cl)c2)C(=N)NC(=O)OC(C)(C)C)cc1. The van der Waals surface area contributed by atoms with Crippen LogP contribution in [-0.2, 0) is 11.3 Å². The summed E-state index contributed by atoms with van der Waals surface area (Å²) in [6, 6.07) is 9.93. The first-order chi connectivity index (χ1) is 17.3. The number of aryl methyl sites for hydroxylation is 1. The first-order valence-electron chi connectivity index (χ1n) is 11.0. The minimum atomic E-state index is -0.902. The quantitative estimate of drug-likeness (QED) is 0.212. The first kappa shape index (κ1) is 27.8. The molecular formula is C25H27Cl2N5O5. The number of nitrogens with one attached hydrogen (secondary N) is 2. The van der Waals surface area contributed by atoms with Crippen LogP contribution in [0.3, 0.4) is 0 Å². The zero-order valence-corrected chi connectivity index (χ0v) is 22.5. The van der Waals surface area contributed by atoms with Crippen LogP contribution in [0, 0.1) is 12.3 Å². The highest BCUT2D eigenvalue weighted by atomic mass is 35.5. The molecule has 0 aliphatic heterocycles. The molecule has 0 unspecified atom stereocenters. The molecule has 1 aromatic heterocycles. The van der Waals surface area contributed by atoms with Gasteiger partial charge in [0.05, 0.1) is 29.4 Å². The Labute approximate surface area is 224 Å². The number of anilines is 1. The maximum Gasteiger partial charge on any atom is 0.414 e. The molecule has 37 heavy (non-hydrogen) atoms. The third-order valence-corrected chi connectivity index (χ3v) is 5.68. The van der Waals surface area contributed by atoms with Crippen molar-refractivity contribution >= 4 is 46.8 Å². The number of guanidine groups is 1. The highest BCUT2D eigenvalue weighted by Gasteiger charge is 2.30. The largest absolute Gasteiger partial charge is 0.497 e. The molecule has 3 rings (SSSR count). The maximum absolute atomic E-state index is 13.9. The summed E-state index contributed by atoms with van der Waals surface area (Å²) in [5.41, 5.74) is 6.62. The lowest BCUT2D eigenvalue weighted by Gasteiger charge is -2.25. The number of aromatic nitrogens is 1. The summed E-state index contributed by atoms with van der Waals surface area (Å²) in [4.78, 5) is 27.3. The number of benzene rings is 2. The van der Waals surface area contributed by atoms with Crippen molar-refractivity contribution in [3.8, 4) is 17.0 Å². The summed E-state index contributed by atoms with van der Waals surface area (Å²) in [5.74, 6) is -0.350. The predicted octanol–water partition coefficient (Wildman–Crippen LogP) is 5.65. The Kier molecular flexibility index (Phi) is 8.35. The topological polar surface area (TPSA) is 144 Å². The van der Waals surface area contributed by atoms with Crippen LogP contribution in [0.2, 0.25) is 10.0 Å². The molecule has 0 spiro atoms. The van der Waals surface area contributed by atoms with Crippen molar-refractivity contribution in [3.63, 3.8) is 0 Å². The van der Waals surface area contributed by atoms with E-state index in [9.17, 15) is 9.59 Å². The van der Waals surface area contributed by atoms with Gasteiger partial charge in [0.25, 0.3) is 5.91 Å². The predicted molar refractivity (Wildman–Crippen MR) is 141 cm³/mol. The van der Waals surface area contributed by atoms with Crippen molar-refractivity contribution in [2.75, 3.05) is 12.8 Å². The number of hydrogen-bond acceptors (Lipinski definition) is 8. The van der Waals surface area contributed by atoms with Crippen LogP contribution in [0.15, 0.2) is 40.9 Å². The summed E-state index contributed by atoms with van der Waals surface area (Å²) in [6.45, 7) is 6.44. The van der Waals surface area contributed by atoms with E-state index >= 15 is 0 Å². The van der Waals surface area contributed by atoms with Crippen LogP contribution >= 0.6 is 23.2 Å². The number of rotatable bonds is 5. The Morgan fingerprint density at radius 2 is 1.76 bits per heavy atom. The van der Waals surface area contributed by atoms with E-state index in [0.29, 0.717) is 16.9 Å². The summed E-state index contributed by atoms with van der Waals surface area (Å²) in [6.07, 6.45) is -0.902. The number of nitrogens with zero attached hydrogens (tertiary/aromatic N) is 2. The molecule has 1 heterocycles. The Balaban J connectivity index is 2.02. The lowest BCUT2D eigenvalue weighted by Crippen LogP contribution is -2.47. The number of nitrogen functional groups attached to an aromatic ring is 1. The van der Waals surface area contributed by atoms with Gasteiger partial charge in [-0.3, -0.25) is 20.4 Å². The van der Waals surface area contributed by atoms with Crippen LogP contribution in [0.1, 0.15) is 42.5 Å². The van der Waals surface area contributed by atoms with Crippen molar-refractivity contribution in [1.29, 1.82) is 5.41 Å². The van der Waals surface area contributed by atoms with Gasteiger partial charge in [0.2, 0.25) is 5.96 Å². The molecule has 0 atom stereocenters. The number of amides is 2. The lowest BCUT2D eigenvalue weighted by molar-refractivity contribution is 0.0554. The van der Waals surface area contributed by atoms with E-state index in [4.69, 9.17) is 48.3 Å². The maximum atomic E-state index is 13.9. The Hall–Kier alpha value is -3.76. The van der Waals surface area contributed by atoms with Crippen LogP contribution < -0.4 is 15.8 Å². The Bertz CT molecular complexity index is 1310. The fraction of sp³-hybridized carbons (Fsp3) is 0.280. The van der Waals surface area contributed by atoms with Crippen molar-refractivity contribution in [2.24, 2.45) is 0 Å². The van der Waals surface area contributed by atoms with Crippen molar-refractivity contribution in [2.45, 2.75) is 39.8 Å². The zero-order chi connectivity index (χ0) is 27.5. The normalized spacial score (nSPS) is 11.1. The number of alkyl carbamates (subject to hydrolysis) is 1. The molecule has 3 aromatic rings. The number of nitrogens with two attached hydrogens (primary N) is 1.